The van der Waals surface area contributed by atoms with Gasteiger partial charge < -0.3 is 14.2 Å². The Morgan fingerprint density at radius 1 is 0.357 bits per heavy atom. The zero-order valence-corrected chi connectivity index (χ0v) is 37.4. The molecule has 56 heavy (non-hydrogen) atoms. The van der Waals surface area contributed by atoms with Crippen molar-refractivity contribution in [2.45, 2.75) is 264 Å². The van der Waals surface area contributed by atoms with Crippen LogP contribution in [-0.4, -0.2) is 37.2 Å². The summed E-state index contributed by atoms with van der Waals surface area (Å²) in [6.07, 6.45) is 50.3. The average Bonchev–Trinajstić information content (AvgIpc) is 3.19. The van der Waals surface area contributed by atoms with Gasteiger partial charge in [-0.25, -0.2) is 0 Å². The van der Waals surface area contributed by atoms with Crippen molar-refractivity contribution in [2.24, 2.45) is 0 Å². The molecule has 0 aromatic rings. The molecule has 328 valence electrons. The lowest BCUT2D eigenvalue weighted by Crippen LogP contribution is -2.30. The third-order valence-corrected chi connectivity index (χ3v) is 10.7. The first kappa shape index (κ1) is 53.9. The van der Waals surface area contributed by atoms with Crippen LogP contribution in [0.5, 0.6) is 0 Å². The third kappa shape index (κ3) is 43.0. The van der Waals surface area contributed by atoms with Crippen molar-refractivity contribution in [3.63, 3.8) is 0 Å². The molecule has 0 radical (unpaired) electrons. The molecule has 0 rings (SSSR count). The molecule has 0 amide bonds. The fraction of sp³-hybridized carbons (Fsp3) is 0.860. The Kier molecular flexibility index (Phi) is 43.9. The van der Waals surface area contributed by atoms with E-state index in [4.69, 9.17) is 14.2 Å². The standard InChI is InChI=1S/C50H92O6/c1-4-7-10-13-16-18-20-22-24-26-27-29-31-34-37-40-43-49(52)55-46-47(45-54-48(51)42-39-36-33-15-12-9-6-3)56-50(53)44-41-38-35-32-30-28-25-23-21-19-17-14-11-8-5-2/h18,20,24,26,47H,4-17,19,21-23,25,27-46H2,1-3H3/b20-18-,26-24-. The number of allylic oxidation sites excluding steroid dienone is 4. The minimum Gasteiger partial charge on any atom is -0.462 e. The van der Waals surface area contributed by atoms with Crippen LogP contribution >= 0.6 is 0 Å². The fourth-order valence-corrected chi connectivity index (χ4v) is 7.00. The number of carbonyl (C=O) groups is 3. The molecule has 1 atom stereocenters. The van der Waals surface area contributed by atoms with Gasteiger partial charge in [-0.3, -0.25) is 14.4 Å². The summed E-state index contributed by atoms with van der Waals surface area (Å²) in [6, 6.07) is 0. The summed E-state index contributed by atoms with van der Waals surface area (Å²) in [5.41, 5.74) is 0. The second kappa shape index (κ2) is 45.6. The normalized spacial score (nSPS) is 12.1. The Bertz CT molecular complexity index is 911. The summed E-state index contributed by atoms with van der Waals surface area (Å²) in [5, 5.41) is 0. The molecule has 0 aliphatic rings. The highest BCUT2D eigenvalue weighted by Crippen LogP contribution is 2.15. The Morgan fingerprint density at radius 3 is 1.00 bits per heavy atom. The molecule has 0 saturated carbocycles. The molecule has 0 N–H and O–H groups in total. The smallest absolute Gasteiger partial charge is 0.306 e. The number of unbranched alkanes of at least 4 members (excludes halogenated alkanes) is 29. The van der Waals surface area contributed by atoms with E-state index in [0.29, 0.717) is 19.3 Å². The van der Waals surface area contributed by atoms with E-state index in [0.717, 1.165) is 77.0 Å². The Hall–Kier alpha value is -2.11. The zero-order valence-electron chi connectivity index (χ0n) is 37.4. The van der Waals surface area contributed by atoms with Crippen molar-refractivity contribution in [3.05, 3.63) is 24.3 Å². The molecular weight excluding hydrogens is 697 g/mol. The summed E-state index contributed by atoms with van der Waals surface area (Å²) in [5.74, 6) is -0.883. The van der Waals surface area contributed by atoms with Crippen LogP contribution in [0.2, 0.25) is 0 Å². The van der Waals surface area contributed by atoms with E-state index in [9.17, 15) is 14.4 Å². The molecule has 0 heterocycles. The second-order valence-corrected chi connectivity index (χ2v) is 16.4. The molecule has 0 saturated heterocycles. The first-order valence-electron chi connectivity index (χ1n) is 24.3. The zero-order chi connectivity index (χ0) is 40.8. The molecule has 1 unspecified atom stereocenters. The van der Waals surface area contributed by atoms with Crippen LogP contribution in [0.4, 0.5) is 0 Å². The van der Waals surface area contributed by atoms with E-state index in [-0.39, 0.29) is 31.1 Å². The monoisotopic (exact) mass is 789 g/mol. The van der Waals surface area contributed by atoms with Gasteiger partial charge in [0.1, 0.15) is 13.2 Å². The number of hydrogen-bond donors (Lipinski definition) is 0. The summed E-state index contributed by atoms with van der Waals surface area (Å²) >= 11 is 0. The average molecular weight is 789 g/mol. The van der Waals surface area contributed by atoms with Crippen molar-refractivity contribution in [1.29, 1.82) is 0 Å². The Morgan fingerprint density at radius 2 is 0.643 bits per heavy atom. The van der Waals surface area contributed by atoms with Crippen molar-refractivity contribution < 1.29 is 28.6 Å². The molecule has 0 aromatic carbocycles. The van der Waals surface area contributed by atoms with Crippen molar-refractivity contribution >= 4 is 17.9 Å². The van der Waals surface area contributed by atoms with Gasteiger partial charge in [0.25, 0.3) is 0 Å². The summed E-state index contributed by atoms with van der Waals surface area (Å²) in [7, 11) is 0. The topological polar surface area (TPSA) is 78.9 Å². The largest absolute Gasteiger partial charge is 0.462 e. The van der Waals surface area contributed by atoms with E-state index in [1.807, 2.05) is 0 Å². The van der Waals surface area contributed by atoms with Gasteiger partial charge in [0.2, 0.25) is 0 Å². The molecule has 6 nitrogen and oxygen atoms in total. The molecule has 0 bridgehead atoms. The predicted molar refractivity (Wildman–Crippen MR) is 238 cm³/mol. The van der Waals surface area contributed by atoms with E-state index >= 15 is 0 Å². The van der Waals surface area contributed by atoms with Gasteiger partial charge in [-0.2, -0.15) is 0 Å². The molecular formula is C50H92O6. The van der Waals surface area contributed by atoms with Gasteiger partial charge in [0.15, 0.2) is 6.10 Å². The van der Waals surface area contributed by atoms with Gasteiger partial charge >= 0.3 is 17.9 Å². The highest BCUT2D eigenvalue weighted by atomic mass is 16.6. The maximum Gasteiger partial charge on any atom is 0.306 e. The van der Waals surface area contributed by atoms with Gasteiger partial charge in [0.05, 0.1) is 0 Å². The summed E-state index contributed by atoms with van der Waals surface area (Å²) in [6.45, 7) is 6.58. The van der Waals surface area contributed by atoms with E-state index in [1.165, 1.54) is 141 Å². The van der Waals surface area contributed by atoms with Crippen molar-refractivity contribution in [2.75, 3.05) is 13.2 Å². The molecule has 0 spiro atoms. The Balaban J connectivity index is 4.28. The van der Waals surface area contributed by atoms with Crippen LogP contribution in [0, 0.1) is 0 Å². The minimum atomic E-state index is -0.768. The van der Waals surface area contributed by atoms with E-state index in [1.54, 1.807) is 0 Å². The lowest BCUT2D eigenvalue weighted by atomic mass is 10.0. The summed E-state index contributed by atoms with van der Waals surface area (Å²) in [4.78, 5) is 37.7. The fourth-order valence-electron chi connectivity index (χ4n) is 7.00. The van der Waals surface area contributed by atoms with Crippen LogP contribution in [0.15, 0.2) is 24.3 Å². The summed E-state index contributed by atoms with van der Waals surface area (Å²) < 4.78 is 16.7. The first-order valence-corrected chi connectivity index (χ1v) is 24.3. The maximum atomic E-state index is 12.7. The number of rotatable bonds is 44. The number of carbonyl (C=O) groups excluding carboxylic acids is 3. The first-order chi connectivity index (χ1) is 27.5. The predicted octanol–water partition coefficient (Wildman–Crippen LogP) is 15.6. The highest BCUT2D eigenvalue weighted by molar-refractivity contribution is 5.71. The van der Waals surface area contributed by atoms with Crippen LogP contribution < -0.4 is 0 Å². The SMILES string of the molecule is CCCCCC/C=C\C/C=C\CCCCCCCC(=O)OCC(COC(=O)CCCCCCCCC)OC(=O)CCCCCCCCCCCCCCCCC. The third-order valence-electron chi connectivity index (χ3n) is 10.7. The van der Waals surface area contributed by atoms with Gasteiger partial charge in [-0.05, 0) is 51.4 Å². The maximum absolute atomic E-state index is 12.7. The van der Waals surface area contributed by atoms with Crippen molar-refractivity contribution in [1.82, 2.24) is 0 Å². The highest BCUT2D eigenvalue weighted by Gasteiger charge is 2.19. The number of hydrogen-bond acceptors (Lipinski definition) is 6. The van der Waals surface area contributed by atoms with Gasteiger partial charge in [-0.1, -0.05) is 212 Å². The van der Waals surface area contributed by atoms with Crippen LogP contribution in [0.3, 0.4) is 0 Å². The minimum absolute atomic E-state index is 0.0724. The molecule has 0 aliphatic carbocycles. The number of ether oxygens (including phenoxy) is 3. The van der Waals surface area contributed by atoms with Crippen LogP contribution in [0.25, 0.3) is 0 Å². The molecule has 6 heteroatoms. The van der Waals surface area contributed by atoms with Gasteiger partial charge in [-0.15, -0.1) is 0 Å². The van der Waals surface area contributed by atoms with Crippen LogP contribution in [0.1, 0.15) is 258 Å². The Labute approximate surface area is 347 Å². The lowest BCUT2D eigenvalue weighted by Gasteiger charge is -2.18. The van der Waals surface area contributed by atoms with Crippen LogP contribution in [-0.2, 0) is 28.6 Å². The van der Waals surface area contributed by atoms with Gasteiger partial charge in [0, 0.05) is 19.3 Å². The lowest BCUT2D eigenvalue weighted by molar-refractivity contribution is -0.167. The molecule has 0 fully saturated rings. The molecule has 0 aliphatic heterocycles. The quantitative estimate of drug-likeness (QED) is 0.0265. The second-order valence-electron chi connectivity index (χ2n) is 16.4. The molecule has 0 aromatic heterocycles. The van der Waals surface area contributed by atoms with E-state index < -0.39 is 6.10 Å². The van der Waals surface area contributed by atoms with E-state index in [2.05, 4.69) is 45.1 Å². The van der Waals surface area contributed by atoms with Crippen molar-refractivity contribution in [3.8, 4) is 0 Å². The number of esters is 3.